The number of nitrogens with zero attached hydrogens (tertiary/aromatic N) is 1. The number of hydrogen-bond acceptors (Lipinski definition) is 4. The Bertz CT molecular complexity index is 1220. The van der Waals surface area contributed by atoms with E-state index in [0.29, 0.717) is 26.3 Å². The van der Waals surface area contributed by atoms with Gasteiger partial charge in [0.25, 0.3) is 0 Å². The highest BCUT2D eigenvalue weighted by molar-refractivity contribution is 6.38. The fourth-order valence-corrected chi connectivity index (χ4v) is 6.48. The van der Waals surface area contributed by atoms with E-state index in [1.165, 1.54) is 24.3 Å². The summed E-state index contributed by atoms with van der Waals surface area (Å²) in [7, 11) is 0. The molecule has 2 fully saturated rings. The standard InChI is InChI=1S/C23H19Cl4N3O3/c1-3-9(2)18-16-17(21(32)30(20(16)31)13-5-10(24)4-11(25)6-13)23(29-18)14-7-12(26)8-15(27)19(14)28-22(23)33/h4-9,16-18,29H,3H2,1-2H3,(H,28,33). The lowest BCUT2D eigenvalue weighted by atomic mass is 9.75. The Morgan fingerprint density at radius 2 is 1.61 bits per heavy atom. The zero-order chi connectivity index (χ0) is 23.8. The highest BCUT2D eigenvalue weighted by Crippen LogP contribution is 2.56. The summed E-state index contributed by atoms with van der Waals surface area (Å²) in [4.78, 5) is 42.3. The summed E-state index contributed by atoms with van der Waals surface area (Å²) >= 11 is 25.0. The van der Waals surface area contributed by atoms with Crippen molar-refractivity contribution in [1.82, 2.24) is 5.32 Å². The molecule has 5 rings (SSSR count). The number of fused-ring (bicyclic) bond motifs is 4. The van der Waals surface area contributed by atoms with E-state index in [2.05, 4.69) is 10.6 Å². The molecule has 172 valence electrons. The molecule has 0 saturated carbocycles. The number of carbonyl (C=O) groups excluding carboxylic acids is 3. The number of anilines is 2. The lowest BCUT2D eigenvalue weighted by Gasteiger charge is -2.31. The zero-order valence-corrected chi connectivity index (χ0v) is 20.6. The van der Waals surface area contributed by atoms with Crippen molar-refractivity contribution in [1.29, 1.82) is 0 Å². The molecule has 33 heavy (non-hydrogen) atoms. The molecule has 2 aromatic carbocycles. The van der Waals surface area contributed by atoms with Gasteiger partial charge < -0.3 is 5.32 Å². The Hall–Kier alpha value is -1.83. The quantitative estimate of drug-likeness (QED) is 0.534. The third-order valence-corrected chi connectivity index (χ3v) is 7.99. The molecule has 3 amide bonds. The van der Waals surface area contributed by atoms with E-state index in [-0.39, 0.29) is 16.6 Å². The first-order chi connectivity index (χ1) is 15.6. The fraction of sp³-hybridized carbons (Fsp3) is 0.348. The van der Waals surface area contributed by atoms with Crippen molar-refractivity contribution < 1.29 is 14.4 Å². The van der Waals surface area contributed by atoms with Gasteiger partial charge in [-0.1, -0.05) is 66.7 Å². The van der Waals surface area contributed by atoms with Crippen LogP contribution in [0, 0.1) is 17.8 Å². The van der Waals surface area contributed by atoms with Gasteiger partial charge in [0, 0.05) is 26.7 Å². The number of halogens is 4. The van der Waals surface area contributed by atoms with Crippen LogP contribution in [0.25, 0.3) is 0 Å². The molecule has 0 radical (unpaired) electrons. The predicted molar refractivity (Wildman–Crippen MR) is 129 cm³/mol. The fourth-order valence-electron chi connectivity index (χ4n) is 5.42. The van der Waals surface area contributed by atoms with Gasteiger partial charge in [0.05, 0.1) is 28.2 Å². The molecule has 2 saturated heterocycles. The first-order valence-corrected chi connectivity index (χ1v) is 12.0. The van der Waals surface area contributed by atoms with Crippen LogP contribution < -0.4 is 15.5 Å². The van der Waals surface area contributed by atoms with E-state index in [4.69, 9.17) is 46.4 Å². The second-order valence-electron chi connectivity index (χ2n) is 8.77. The van der Waals surface area contributed by atoms with E-state index >= 15 is 0 Å². The number of imide groups is 1. The van der Waals surface area contributed by atoms with Gasteiger partial charge in [-0.3, -0.25) is 19.7 Å². The second-order valence-corrected chi connectivity index (χ2v) is 10.5. The van der Waals surface area contributed by atoms with Crippen LogP contribution in [-0.4, -0.2) is 23.8 Å². The van der Waals surface area contributed by atoms with Crippen LogP contribution in [0.1, 0.15) is 25.8 Å². The van der Waals surface area contributed by atoms with E-state index in [1.54, 1.807) is 6.07 Å². The summed E-state index contributed by atoms with van der Waals surface area (Å²) < 4.78 is 0. The van der Waals surface area contributed by atoms with Gasteiger partial charge >= 0.3 is 0 Å². The lowest BCUT2D eigenvalue weighted by molar-refractivity contribution is -0.130. The van der Waals surface area contributed by atoms with Gasteiger partial charge in [-0.05, 0) is 36.2 Å². The number of nitrogens with one attached hydrogen (secondary N) is 2. The Labute approximate surface area is 210 Å². The van der Waals surface area contributed by atoms with Crippen molar-refractivity contribution in [3.8, 4) is 0 Å². The molecule has 6 nitrogen and oxygen atoms in total. The smallest absolute Gasteiger partial charge is 0.250 e. The van der Waals surface area contributed by atoms with Crippen LogP contribution in [0.2, 0.25) is 20.1 Å². The molecule has 0 aromatic heterocycles. The normalized spacial score (nSPS) is 29.0. The largest absolute Gasteiger partial charge is 0.323 e. The minimum Gasteiger partial charge on any atom is -0.323 e. The van der Waals surface area contributed by atoms with Crippen LogP contribution in [0.15, 0.2) is 30.3 Å². The molecule has 5 unspecified atom stereocenters. The van der Waals surface area contributed by atoms with Crippen LogP contribution in [0.3, 0.4) is 0 Å². The maximum atomic E-state index is 13.9. The van der Waals surface area contributed by atoms with Crippen LogP contribution in [0.4, 0.5) is 11.4 Å². The summed E-state index contributed by atoms with van der Waals surface area (Å²) in [6.45, 7) is 3.99. The van der Waals surface area contributed by atoms with Gasteiger partial charge in [0.15, 0.2) is 0 Å². The van der Waals surface area contributed by atoms with Gasteiger partial charge in [0.1, 0.15) is 5.54 Å². The number of rotatable bonds is 3. The van der Waals surface area contributed by atoms with Crippen LogP contribution in [0.5, 0.6) is 0 Å². The van der Waals surface area contributed by atoms with Crippen LogP contribution >= 0.6 is 46.4 Å². The van der Waals surface area contributed by atoms with E-state index < -0.39 is 41.1 Å². The Kier molecular flexibility index (Phi) is 5.46. The molecule has 2 N–H and O–H groups in total. The summed E-state index contributed by atoms with van der Waals surface area (Å²) in [5.74, 6) is -3.08. The number of benzene rings is 2. The van der Waals surface area contributed by atoms with Crippen molar-refractivity contribution in [3.63, 3.8) is 0 Å². The van der Waals surface area contributed by atoms with Crippen molar-refractivity contribution >= 4 is 75.5 Å². The number of carbonyl (C=O) groups is 3. The predicted octanol–water partition coefficient (Wildman–Crippen LogP) is 5.27. The molecule has 10 heteroatoms. The molecule has 3 heterocycles. The van der Waals surface area contributed by atoms with Gasteiger partial charge in [-0.15, -0.1) is 0 Å². The van der Waals surface area contributed by atoms with Crippen molar-refractivity contribution in [2.75, 3.05) is 10.2 Å². The molecule has 5 atom stereocenters. The minimum absolute atomic E-state index is 0.00281. The van der Waals surface area contributed by atoms with Crippen molar-refractivity contribution in [3.05, 3.63) is 56.0 Å². The number of amides is 3. The monoisotopic (exact) mass is 525 g/mol. The lowest BCUT2D eigenvalue weighted by Crippen LogP contribution is -2.54. The maximum absolute atomic E-state index is 13.9. The molecule has 1 spiro atoms. The third kappa shape index (κ3) is 3.15. The van der Waals surface area contributed by atoms with Gasteiger partial charge in [-0.2, -0.15) is 0 Å². The Morgan fingerprint density at radius 1 is 0.970 bits per heavy atom. The second kappa shape index (κ2) is 7.85. The van der Waals surface area contributed by atoms with Gasteiger partial charge in [0.2, 0.25) is 17.7 Å². The minimum atomic E-state index is -1.48. The zero-order valence-electron chi connectivity index (χ0n) is 17.6. The first-order valence-electron chi connectivity index (χ1n) is 10.5. The molecule has 3 aliphatic heterocycles. The summed E-state index contributed by atoms with van der Waals surface area (Å²) in [6.07, 6.45) is 0.742. The molecule has 2 aromatic rings. The average molecular weight is 527 g/mol. The maximum Gasteiger partial charge on any atom is 0.250 e. The Balaban J connectivity index is 1.72. The highest BCUT2D eigenvalue weighted by Gasteiger charge is 2.71. The van der Waals surface area contributed by atoms with Crippen molar-refractivity contribution in [2.24, 2.45) is 17.8 Å². The van der Waals surface area contributed by atoms with Gasteiger partial charge in [-0.25, -0.2) is 4.90 Å². The molecular weight excluding hydrogens is 508 g/mol. The van der Waals surface area contributed by atoms with E-state index in [1.807, 2.05) is 13.8 Å². The van der Waals surface area contributed by atoms with E-state index in [9.17, 15) is 14.4 Å². The molecule has 0 aliphatic carbocycles. The topological polar surface area (TPSA) is 78.5 Å². The van der Waals surface area contributed by atoms with E-state index in [0.717, 1.165) is 11.3 Å². The SMILES string of the molecule is CCC(C)C1NC2(C(=O)Nc3c(Cl)cc(Cl)cc32)C2C(=O)N(c3cc(Cl)cc(Cl)c3)C(=O)C12. The van der Waals surface area contributed by atoms with Crippen LogP contribution in [-0.2, 0) is 19.9 Å². The summed E-state index contributed by atoms with van der Waals surface area (Å²) in [6, 6.07) is 7.28. The summed E-state index contributed by atoms with van der Waals surface area (Å²) in [5.41, 5.74) is -0.339. The third-order valence-electron chi connectivity index (χ3n) is 7.04. The average Bonchev–Trinajstić information content (AvgIpc) is 3.32. The van der Waals surface area contributed by atoms with Crippen molar-refractivity contribution in [2.45, 2.75) is 31.8 Å². The summed E-state index contributed by atoms with van der Waals surface area (Å²) in [5, 5.41) is 7.38. The Morgan fingerprint density at radius 3 is 2.24 bits per heavy atom. The highest BCUT2D eigenvalue weighted by atomic mass is 35.5. The molecule has 0 bridgehead atoms. The first kappa shape index (κ1) is 22.9. The molecule has 3 aliphatic rings. The number of hydrogen-bond donors (Lipinski definition) is 2. The molecular formula is C23H19Cl4N3O3.